The highest BCUT2D eigenvalue weighted by molar-refractivity contribution is 5.28. The number of nitrogens with one attached hydrogen (secondary N) is 1. The Morgan fingerprint density at radius 3 is 2.71 bits per heavy atom. The smallest absolute Gasteiger partial charge is 0.0316 e. The maximum absolute atomic E-state index is 5.49. The van der Waals surface area contributed by atoms with E-state index in [1.165, 1.54) is 11.3 Å². The number of rotatable bonds is 3. The molecule has 3 heteroatoms. The van der Waals surface area contributed by atoms with Gasteiger partial charge in [-0.1, -0.05) is 12.2 Å². The maximum Gasteiger partial charge on any atom is 0.0316 e. The lowest BCUT2D eigenvalue weighted by atomic mass is 10.0. The molecule has 1 aliphatic rings. The standard InChI is InChI=1S/C11H21N3/c1-4-5-10-8-14(9(2)3)7-6-11(10)13-12/h4-5,9,13H,6-8,12H2,1-3H3/b5-4-. The summed E-state index contributed by atoms with van der Waals surface area (Å²) in [4.78, 5) is 2.45. The van der Waals surface area contributed by atoms with Crippen molar-refractivity contribution in [3.05, 3.63) is 23.4 Å². The summed E-state index contributed by atoms with van der Waals surface area (Å²) in [5.41, 5.74) is 5.30. The number of allylic oxidation sites excluding steroid dienone is 1. The lowest BCUT2D eigenvalue weighted by molar-refractivity contribution is 0.231. The van der Waals surface area contributed by atoms with E-state index in [4.69, 9.17) is 5.84 Å². The minimum Gasteiger partial charge on any atom is -0.328 e. The molecule has 14 heavy (non-hydrogen) atoms. The van der Waals surface area contributed by atoms with E-state index in [9.17, 15) is 0 Å². The van der Waals surface area contributed by atoms with Crippen LogP contribution in [0, 0.1) is 0 Å². The summed E-state index contributed by atoms with van der Waals surface area (Å²) >= 11 is 0. The van der Waals surface area contributed by atoms with Gasteiger partial charge in [0.05, 0.1) is 0 Å². The van der Waals surface area contributed by atoms with Crippen LogP contribution in [0.15, 0.2) is 23.4 Å². The van der Waals surface area contributed by atoms with Crippen molar-refractivity contribution in [1.29, 1.82) is 0 Å². The fraction of sp³-hybridized carbons (Fsp3) is 0.636. The number of hydrazine groups is 1. The molecular formula is C11H21N3. The van der Waals surface area contributed by atoms with E-state index >= 15 is 0 Å². The Morgan fingerprint density at radius 2 is 2.21 bits per heavy atom. The molecule has 1 heterocycles. The van der Waals surface area contributed by atoms with Gasteiger partial charge >= 0.3 is 0 Å². The fourth-order valence-electron chi connectivity index (χ4n) is 1.77. The molecule has 0 amide bonds. The van der Waals surface area contributed by atoms with Crippen molar-refractivity contribution in [2.24, 2.45) is 5.84 Å². The van der Waals surface area contributed by atoms with Crippen molar-refractivity contribution in [2.75, 3.05) is 13.1 Å². The molecule has 1 aliphatic heterocycles. The Balaban J connectivity index is 2.76. The molecule has 0 radical (unpaired) electrons. The number of hydrogen-bond acceptors (Lipinski definition) is 3. The SMILES string of the molecule is C/C=C\C1=C(NN)CCN(C(C)C)C1. The molecule has 80 valence electrons. The molecule has 0 aromatic rings. The second-order valence-electron chi connectivity index (χ2n) is 3.96. The van der Waals surface area contributed by atoms with Gasteiger partial charge < -0.3 is 5.43 Å². The zero-order valence-corrected chi connectivity index (χ0v) is 9.38. The van der Waals surface area contributed by atoms with Gasteiger partial charge in [0.2, 0.25) is 0 Å². The van der Waals surface area contributed by atoms with Gasteiger partial charge in [-0.25, -0.2) is 0 Å². The second-order valence-corrected chi connectivity index (χ2v) is 3.96. The Bertz CT molecular complexity index is 241. The predicted octanol–water partition coefficient (Wildman–Crippen LogP) is 1.39. The van der Waals surface area contributed by atoms with Crippen LogP contribution >= 0.6 is 0 Å². The second kappa shape index (κ2) is 5.17. The van der Waals surface area contributed by atoms with E-state index in [-0.39, 0.29) is 0 Å². The first kappa shape index (κ1) is 11.3. The van der Waals surface area contributed by atoms with Crippen molar-refractivity contribution >= 4 is 0 Å². The van der Waals surface area contributed by atoms with E-state index in [1.807, 2.05) is 6.92 Å². The molecule has 0 saturated carbocycles. The number of hydrogen-bond donors (Lipinski definition) is 2. The summed E-state index contributed by atoms with van der Waals surface area (Å²) in [7, 11) is 0. The van der Waals surface area contributed by atoms with E-state index in [1.54, 1.807) is 0 Å². The van der Waals surface area contributed by atoms with Crippen LogP contribution in [0.3, 0.4) is 0 Å². The molecular weight excluding hydrogens is 174 g/mol. The summed E-state index contributed by atoms with van der Waals surface area (Å²) < 4.78 is 0. The molecule has 0 fully saturated rings. The predicted molar refractivity (Wildman–Crippen MR) is 60.5 cm³/mol. The van der Waals surface area contributed by atoms with Crippen LogP contribution in [-0.2, 0) is 0 Å². The van der Waals surface area contributed by atoms with Gasteiger partial charge in [0.1, 0.15) is 0 Å². The quantitative estimate of drug-likeness (QED) is 0.528. The summed E-state index contributed by atoms with van der Waals surface area (Å²) in [5.74, 6) is 5.49. The number of nitrogens with zero attached hydrogens (tertiary/aromatic N) is 1. The van der Waals surface area contributed by atoms with Crippen molar-refractivity contribution in [2.45, 2.75) is 33.2 Å². The molecule has 0 aliphatic carbocycles. The monoisotopic (exact) mass is 195 g/mol. The van der Waals surface area contributed by atoms with Crippen LogP contribution in [0.2, 0.25) is 0 Å². The van der Waals surface area contributed by atoms with Crippen LogP contribution in [0.1, 0.15) is 27.2 Å². The van der Waals surface area contributed by atoms with Gasteiger partial charge in [-0.15, -0.1) is 0 Å². The summed E-state index contributed by atoms with van der Waals surface area (Å²) in [5, 5.41) is 0. The Morgan fingerprint density at radius 1 is 1.50 bits per heavy atom. The van der Waals surface area contributed by atoms with Gasteiger partial charge in [-0.3, -0.25) is 10.7 Å². The minimum atomic E-state index is 0.606. The first-order valence-electron chi connectivity index (χ1n) is 5.24. The first-order valence-corrected chi connectivity index (χ1v) is 5.24. The van der Waals surface area contributed by atoms with Gasteiger partial charge in [0.15, 0.2) is 0 Å². The molecule has 0 bridgehead atoms. The van der Waals surface area contributed by atoms with E-state index in [2.05, 4.69) is 36.3 Å². The maximum atomic E-state index is 5.49. The van der Waals surface area contributed by atoms with Crippen molar-refractivity contribution in [3.63, 3.8) is 0 Å². The third-order valence-corrected chi connectivity index (χ3v) is 2.68. The molecule has 3 nitrogen and oxygen atoms in total. The lowest BCUT2D eigenvalue weighted by Gasteiger charge is -2.32. The van der Waals surface area contributed by atoms with Gasteiger partial charge in [-0.05, 0) is 26.3 Å². The Hall–Kier alpha value is -0.800. The molecule has 0 aromatic heterocycles. The fourth-order valence-corrected chi connectivity index (χ4v) is 1.77. The Labute approximate surface area is 86.6 Å². The van der Waals surface area contributed by atoms with Crippen molar-refractivity contribution < 1.29 is 0 Å². The van der Waals surface area contributed by atoms with Crippen molar-refractivity contribution in [1.82, 2.24) is 10.3 Å². The molecule has 0 atom stereocenters. The molecule has 0 saturated heterocycles. The summed E-state index contributed by atoms with van der Waals surface area (Å²) in [6.45, 7) is 8.59. The lowest BCUT2D eigenvalue weighted by Crippen LogP contribution is -2.40. The van der Waals surface area contributed by atoms with Crippen molar-refractivity contribution in [3.8, 4) is 0 Å². The van der Waals surface area contributed by atoms with Crippen LogP contribution in [0.5, 0.6) is 0 Å². The van der Waals surface area contributed by atoms with Gasteiger partial charge in [0.25, 0.3) is 0 Å². The summed E-state index contributed by atoms with van der Waals surface area (Å²) in [6, 6.07) is 0.606. The highest BCUT2D eigenvalue weighted by Crippen LogP contribution is 2.18. The molecule has 3 N–H and O–H groups in total. The minimum absolute atomic E-state index is 0.606. The highest BCUT2D eigenvalue weighted by atomic mass is 15.2. The zero-order chi connectivity index (χ0) is 10.6. The number of nitrogens with two attached hydrogens (primary N) is 1. The average Bonchev–Trinajstić information content (AvgIpc) is 2.18. The first-order chi connectivity index (χ1) is 6.69. The largest absolute Gasteiger partial charge is 0.328 e. The molecule has 1 rings (SSSR count). The van der Waals surface area contributed by atoms with Crippen LogP contribution in [0.25, 0.3) is 0 Å². The van der Waals surface area contributed by atoms with E-state index in [0.717, 1.165) is 19.5 Å². The molecule has 0 spiro atoms. The zero-order valence-electron chi connectivity index (χ0n) is 9.38. The van der Waals surface area contributed by atoms with Crippen LogP contribution in [0.4, 0.5) is 0 Å². The summed E-state index contributed by atoms with van der Waals surface area (Å²) in [6.07, 6.45) is 5.23. The average molecular weight is 195 g/mol. The third-order valence-electron chi connectivity index (χ3n) is 2.68. The third kappa shape index (κ3) is 2.59. The van der Waals surface area contributed by atoms with Gasteiger partial charge in [-0.2, -0.15) is 0 Å². The normalized spacial score (nSPS) is 19.8. The Kier molecular flexibility index (Phi) is 4.17. The van der Waals surface area contributed by atoms with Crippen LogP contribution in [-0.4, -0.2) is 24.0 Å². The highest BCUT2D eigenvalue weighted by Gasteiger charge is 2.18. The van der Waals surface area contributed by atoms with E-state index < -0.39 is 0 Å². The van der Waals surface area contributed by atoms with Gasteiger partial charge in [0, 0.05) is 31.2 Å². The van der Waals surface area contributed by atoms with Crippen LogP contribution < -0.4 is 11.3 Å². The van der Waals surface area contributed by atoms with E-state index in [0.29, 0.717) is 6.04 Å². The molecule has 0 unspecified atom stereocenters. The molecule has 0 aromatic carbocycles. The topological polar surface area (TPSA) is 41.3 Å².